The van der Waals surface area contributed by atoms with E-state index in [1.807, 2.05) is 20.8 Å². The molecule has 1 aromatic heterocycles. The molecule has 0 saturated carbocycles. The van der Waals surface area contributed by atoms with Gasteiger partial charge in [0.15, 0.2) is 0 Å². The topological polar surface area (TPSA) is 77.9 Å². The maximum atomic E-state index is 12.2. The zero-order chi connectivity index (χ0) is 26.7. The van der Waals surface area contributed by atoms with Crippen LogP contribution in [0.3, 0.4) is 0 Å². The van der Waals surface area contributed by atoms with E-state index in [1.165, 1.54) is 17.6 Å². The first-order valence-electron chi connectivity index (χ1n) is 14.1. The van der Waals surface area contributed by atoms with Gasteiger partial charge in [-0.25, -0.2) is 9.48 Å². The number of carbonyl (C=O) groups excluding carboxylic acids is 1. The molecule has 2 unspecified atom stereocenters. The number of hydrogen-bond donors (Lipinski definition) is 1. The summed E-state index contributed by atoms with van der Waals surface area (Å²) < 4.78 is 19.9. The van der Waals surface area contributed by atoms with E-state index in [1.54, 1.807) is 11.9 Å². The van der Waals surface area contributed by atoms with Gasteiger partial charge in [-0.1, -0.05) is 19.9 Å². The summed E-state index contributed by atoms with van der Waals surface area (Å²) in [4.78, 5) is 13.8. The number of nitrogens with zero attached hydrogens (tertiary/aromatic N) is 3. The third-order valence-electron chi connectivity index (χ3n) is 7.60. The lowest BCUT2D eigenvalue weighted by Crippen LogP contribution is -2.38. The highest BCUT2D eigenvalue weighted by atomic mass is 16.6. The van der Waals surface area contributed by atoms with Crippen LogP contribution in [-0.2, 0) is 20.6 Å². The standard InChI is InChI=1S/C29H48N4O4/c1-27(2,3)37-26(34)32(6)17-16-30-15-12-23-19-33(24-9-7-8-18-35-24)31-25(23)22-10-13-29(14-11-22)20-28(4,5)21-36-29/h10,19,24,30H,7-9,11-18,20-21H2,1-6H3. The Morgan fingerprint density at radius 1 is 1.30 bits per heavy atom. The summed E-state index contributed by atoms with van der Waals surface area (Å²) in [7, 11) is 1.78. The van der Waals surface area contributed by atoms with Gasteiger partial charge in [0.25, 0.3) is 0 Å². The maximum Gasteiger partial charge on any atom is 0.410 e. The normalized spacial score (nSPS) is 25.8. The van der Waals surface area contributed by atoms with Crippen LogP contribution in [0, 0.1) is 5.41 Å². The second-order valence-electron chi connectivity index (χ2n) is 13.0. The molecule has 8 heteroatoms. The van der Waals surface area contributed by atoms with Crippen LogP contribution in [0.2, 0.25) is 0 Å². The minimum atomic E-state index is -0.481. The highest BCUT2D eigenvalue weighted by molar-refractivity contribution is 5.67. The Bertz CT molecular complexity index is 958. The second kappa shape index (κ2) is 11.5. The van der Waals surface area contributed by atoms with E-state index < -0.39 is 5.60 Å². The van der Waals surface area contributed by atoms with E-state index in [-0.39, 0.29) is 23.3 Å². The molecule has 208 valence electrons. The molecule has 1 aromatic rings. The van der Waals surface area contributed by atoms with E-state index in [0.29, 0.717) is 13.1 Å². The fraction of sp³-hybridized carbons (Fsp3) is 0.793. The zero-order valence-electron chi connectivity index (χ0n) is 23.9. The van der Waals surface area contributed by atoms with Crippen molar-refractivity contribution < 1.29 is 19.0 Å². The predicted molar refractivity (Wildman–Crippen MR) is 145 cm³/mol. The number of hydrogen-bond acceptors (Lipinski definition) is 6. The molecule has 0 bridgehead atoms. The van der Waals surface area contributed by atoms with Crippen molar-refractivity contribution in [2.45, 2.75) is 103 Å². The molecule has 2 atom stereocenters. The van der Waals surface area contributed by atoms with Crippen molar-refractivity contribution in [3.8, 4) is 0 Å². The fourth-order valence-electron chi connectivity index (χ4n) is 5.69. The van der Waals surface area contributed by atoms with E-state index in [2.05, 4.69) is 36.1 Å². The number of rotatable bonds is 8. The minimum Gasteiger partial charge on any atom is -0.444 e. The summed E-state index contributed by atoms with van der Waals surface area (Å²) in [5.74, 6) is 0. The highest BCUT2D eigenvalue weighted by Gasteiger charge is 2.45. The molecule has 2 saturated heterocycles. The molecule has 1 amide bonds. The molecule has 1 aliphatic carbocycles. The van der Waals surface area contributed by atoms with Gasteiger partial charge in [-0.05, 0) is 95.2 Å². The van der Waals surface area contributed by atoms with Gasteiger partial charge in [0.05, 0.1) is 17.9 Å². The van der Waals surface area contributed by atoms with Crippen molar-refractivity contribution in [2.75, 3.05) is 39.9 Å². The number of amides is 1. The Hall–Kier alpha value is -1.90. The Morgan fingerprint density at radius 2 is 2.11 bits per heavy atom. The lowest BCUT2D eigenvalue weighted by Gasteiger charge is -2.32. The van der Waals surface area contributed by atoms with Gasteiger partial charge in [0, 0.05) is 32.9 Å². The van der Waals surface area contributed by atoms with Crippen molar-refractivity contribution in [1.82, 2.24) is 20.0 Å². The van der Waals surface area contributed by atoms with Crippen molar-refractivity contribution in [3.05, 3.63) is 23.5 Å². The molecule has 3 aliphatic rings. The van der Waals surface area contributed by atoms with E-state index in [4.69, 9.17) is 19.3 Å². The molecule has 2 aliphatic heterocycles. The fourth-order valence-corrected chi connectivity index (χ4v) is 5.69. The zero-order valence-corrected chi connectivity index (χ0v) is 23.9. The third kappa shape index (κ3) is 7.58. The van der Waals surface area contributed by atoms with Crippen molar-refractivity contribution in [3.63, 3.8) is 0 Å². The van der Waals surface area contributed by atoms with E-state index >= 15 is 0 Å². The van der Waals surface area contributed by atoms with Crippen LogP contribution >= 0.6 is 0 Å². The lowest BCUT2D eigenvalue weighted by atomic mass is 9.76. The highest BCUT2D eigenvalue weighted by Crippen LogP contribution is 2.47. The van der Waals surface area contributed by atoms with Crippen molar-refractivity contribution >= 4 is 11.7 Å². The number of allylic oxidation sites excluding steroid dienone is 1. The smallest absolute Gasteiger partial charge is 0.410 e. The Morgan fingerprint density at radius 3 is 2.73 bits per heavy atom. The maximum absolute atomic E-state index is 12.2. The van der Waals surface area contributed by atoms with Crippen LogP contribution in [0.25, 0.3) is 5.57 Å². The first-order chi connectivity index (χ1) is 17.5. The molecule has 3 heterocycles. The number of ether oxygens (including phenoxy) is 3. The molecule has 0 aromatic carbocycles. The quantitative estimate of drug-likeness (QED) is 0.471. The summed E-state index contributed by atoms with van der Waals surface area (Å²) >= 11 is 0. The Balaban J connectivity index is 1.37. The van der Waals surface area contributed by atoms with Crippen LogP contribution in [0.4, 0.5) is 4.79 Å². The second-order valence-corrected chi connectivity index (χ2v) is 13.0. The minimum absolute atomic E-state index is 0.00390. The molecule has 8 nitrogen and oxygen atoms in total. The van der Waals surface area contributed by atoms with Crippen molar-refractivity contribution in [1.29, 1.82) is 0 Å². The van der Waals surface area contributed by atoms with Crippen LogP contribution in [0.15, 0.2) is 12.3 Å². The lowest BCUT2D eigenvalue weighted by molar-refractivity contribution is -0.0396. The third-order valence-corrected chi connectivity index (χ3v) is 7.60. The van der Waals surface area contributed by atoms with E-state index in [0.717, 1.165) is 70.4 Å². The van der Waals surface area contributed by atoms with E-state index in [9.17, 15) is 4.79 Å². The largest absolute Gasteiger partial charge is 0.444 e. The summed E-state index contributed by atoms with van der Waals surface area (Å²) in [6.07, 6.45) is 12.7. The van der Waals surface area contributed by atoms with Crippen LogP contribution in [0.1, 0.15) is 97.0 Å². The molecule has 1 spiro atoms. The monoisotopic (exact) mass is 516 g/mol. The van der Waals surface area contributed by atoms with Crippen LogP contribution in [-0.4, -0.2) is 71.9 Å². The summed E-state index contributed by atoms with van der Waals surface area (Å²) in [6, 6.07) is 0. The van der Waals surface area contributed by atoms with Gasteiger partial charge in [0.1, 0.15) is 11.8 Å². The molecule has 0 radical (unpaired) electrons. The number of likely N-dealkylation sites (N-methyl/N-ethyl adjacent to an activating group) is 1. The van der Waals surface area contributed by atoms with Gasteiger partial charge in [-0.3, -0.25) is 0 Å². The van der Waals surface area contributed by atoms with Gasteiger partial charge in [0.2, 0.25) is 0 Å². The Kier molecular flexibility index (Phi) is 8.71. The molecule has 37 heavy (non-hydrogen) atoms. The molecule has 1 N–H and O–H groups in total. The average Bonchev–Trinajstić information content (AvgIpc) is 3.39. The number of carbonyl (C=O) groups is 1. The predicted octanol–water partition coefficient (Wildman–Crippen LogP) is 5.33. The van der Waals surface area contributed by atoms with Crippen LogP contribution in [0.5, 0.6) is 0 Å². The number of aromatic nitrogens is 2. The first kappa shape index (κ1) is 28.1. The molecular weight excluding hydrogens is 468 g/mol. The summed E-state index contributed by atoms with van der Waals surface area (Å²) in [5.41, 5.74) is 3.51. The van der Waals surface area contributed by atoms with Crippen LogP contribution < -0.4 is 5.32 Å². The molecular formula is C29H48N4O4. The summed E-state index contributed by atoms with van der Waals surface area (Å²) in [5, 5.41) is 8.56. The Labute approximate surface area is 223 Å². The summed E-state index contributed by atoms with van der Waals surface area (Å²) in [6.45, 7) is 14.1. The molecule has 4 rings (SSSR count). The van der Waals surface area contributed by atoms with Gasteiger partial charge in [-0.2, -0.15) is 5.10 Å². The first-order valence-corrected chi connectivity index (χ1v) is 14.1. The van der Waals surface area contributed by atoms with Gasteiger partial charge < -0.3 is 24.4 Å². The number of nitrogens with one attached hydrogen (secondary N) is 1. The SMILES string of the molecule is CN(CCNCCc1cn(C2CCCCO2)nc1C1=CCC2(CC1)CC(C)(C)CO2)C(=O)OC(C)(C)C. The average molecular weight is 517 g/mol. The van der Waals surface area contributed by atoms with Gasteiger partial charge >= 0.3 is 6.09 Å². The van der Waals surface area contributed by atoms with Gasteiger partial charge in [-0.15, -0.1) is 0 Å². The van der Waals surface area contributed by atoms with Crippen molar-refractivity contribution in [2.24, 2.45) is 5.41 Å². The molecule has 2 fully saturated rings.